The van der Waals surface area contributed by atoms with Crippen LogP contribution in [-0.2, 0) is 0 Å². The van der Waals surface area contributed by atoms with Gasteiger partial charge in [0.2, 0.25) is 10.9 Å². The smallest absolute Gasteiger partial charge is 0.502 e. The summed E-state index contributed by atoms with van der Waals surface area (Å²) in [5, 5.41) is 26.8. The number of aromatic hydroxyl groups is 1. The van der Waals surface area contributed by atoms with E-state index in [0.717, 1.165) is 17.8 Å². The first-order chi connectivity index (χ1) is 13.7. The highest BCUT2D eigenvalue weighted by atomic mass is 32.1. The molecule has 1 heterocycles. The van der Waals surface area contributed by atoms with E-state index in [1.165, 1.54) is 11.3 Å². The number of anilines is 1. The van der Waals surface area contributed by atoms with E-state index in [4.69, 9.17) is 0 Å². The number of benzene rings is 2. The second kappa shape index (κ2) is 8.14. The molecule has 12 heteroatoms. The fraction of sp³-hybridized carbons (Fsp3) is 0.0588. The standard InChI is InChI=1S/C17H11F3N4O4S/c18-17(19,20)28-12-6-11(15(25)14(7-12)24(26)27)8-21-23-16-22-13(9-29-16)10-4-2-1-3-5-10/h1-9,25H,(H,22,23). The fourth-order valence-electron chi connectivity index (χ4n) is 2.27. The molecule has 150 valence electrons. The zero-order chi connectivity index (χ0) is 21.0. The molecule has 2 N–H and O–H groups in total. The maximum atomic E-state index is 12.4. The third-order valence-electron chi connectivity index (χ3n) is 3.46. The minimum Gasteiger partial charge on any atom is -0.502 e. The lowest BCUT2D eigenvalue weighted by Gasteiger charge is -2.10. The summed E-state index contributed by atoms with van der Waals surface area (Å²) in [4.78, 5) is 14.2. The normalized spacial score (nSPS) is 11.6. The zero-order valence-corrected chi connectivity index (χ0v) is 15.1. The highest BCUT2D eigenvalue weighted by Gasteiger charge is 2.32. The van der Waals surface area contributed by atoms with Crippen molar-refractivity contribution in [2.75, 3.05) is 5.43 Å². The van der Waals surface area contributed by atoms with Gasteiger partial charge in [0.15, 0.2) is 0 Å². The number of nitro groups is 1. The van der Waals surface area contributed by atoms with Gasteiger partial charge >= 0.3 is 12.0 Å². The Bertz CT molecular complexity index is 1050. The number of alkyl halides is 3. The molecule has 0 unspecified atom stereocenters. The number of ether oxygens (including phenoxy) is 1. The van der Waals surface area contributed by atoms with Crippen LogP contribution in [0.3, 0.4) is 0 Å². The molecule has 0 spiro atoms. The first kappa shape index (κ1) is 20.1. The molecule has 3 rings (SSSR count). The van der Waals surface area contributed by atoms with E-state index >= 15 is 0 Å². The van der Waals surface area contributed by atoms with Crippen molar-refractivity contribution in [3.63, 3.8) is 0 Å². The Morgan fingerprint density at radius 2 is 2.00 bits per heavy atom. The quantitative estimate of drug-likeness (QED) is 0.335. The van der Waals surface area contributed by atoms with Crippen molar-refractivity contribution in [3.05, 3.63) is 63.5 Å². The zero-order valence-electron chi connectivity index (χ0n) is 14.3. The van der Waals surface area contributed by atoms with E-state index in [0.29, 0.717) is 16.9 Å². The summed E-state index contributed by atoms with van der Waals surface area (Å²) in [7, 11) is 0. The van der Waals surface area contributed by atoms with Crippen LogP contribution in [0.5, 0.6) is 11.5 Å². The van der Waals surface area contributed by atoms with Crippen LogP contribution in [0.25, 0.3) is 11.3 Å². The first-order valence-electron chi connectivity index (χ1n) is 7.80. The molecule has 29 heavy (non-hydrogen) atoms. The SMILES string of the molecule is O=[N+]([O-])c1cc(OC(F)(F)F)cc(C=NNc2nc(-c3ccccc3)cs2)c1O. The van der Waals surface area contributed by atoms with E-state index in [9.17, 15) is 28.4 Å². The van der Waals surface area contributed by atoms with Gasteiger partial charge < -0.3 is 9.84 Å². The van der Waals surface area contributed by atoms with Crippen LogP contribution in [0.2, 0.25) is 0 Å². The summed E-state index contributed by atoms with van der Waals surface area (Å²) >= 11 is 1.22. The molecule has 1 aromatic heterocycles. The molecule has 0 aliphatic rings. The van der Waals surface area contributed by atoms with Gasteiger partial charge in [-0.3, -0.25) is 15.5 Å². The van der Waals surface area contributed by atoms with Crippen LogP contribution >= 0.6 is 11.3 Å². The maximum Gasteiger partial charge on any atom is 0.573 e. The third kappa shape index (κ3) is 5.19. The number of hydrazone groups is 1. The van der Waals surface area contributed by atoms with Gasteiger partial charge in [-0.05, 0) is 6.07 Å². The summed E-state index contributed by atoms with van der Waals surface area (Å²) in [6.45, 7) is 0. The monoisotopic (exact) mass is 424 g/mol. The molecule has 0 fully saturated rings. The molecule has 2 aromatic carbocycles. The van der Waals surface area contributed by atoms with Crippen molar-refractivity contribution >= 4 is 28.4 Å². The molecular formula is C17H11F3N4O4S. The number of nitrogens with one attached hydrogen (secondary N) is 1. The Morgan fingerprint density at radius 1 is 1.28 bits per heavy atom. The number of nitrogens with zero attached hydrogens (tertiary/aromatic N) is 3. The summed E-state index contributed by atoms with van der Waals surface area (Å²) in [5.41, 5.74) is 2.84. The Morgan fingerprint density at radius 3 is 2.66 bits per heavy atom. The Labute approximate surface area is 165 Å². The lowest BCUT2D eigenvalue weighted by molar-refractivity contribution is -0.386. The van der Waals surface area contributed by atoms with Crippen molar-refractivity contribution < 1.29 is 27.9 Å². The van der Waals surface area contributed by atoms with Crippen molar-refractivity contribution in [1.29, 1.82) is 0 Å². The minimum atomic E-state index is -5.05. The maximum absolute atomic E-state index is 12.4. The van der Waals surface area contributed by atoms with Gasteiger partial charge in [0.1, 0.15) is 5.75 Å². The molecule has 0 atom stereocenters. The van der Waals surface area contributed by atoms with Gasteiger partial charge in [0, 0.05) is 16.5 Å². The average molecular weight is 424 g/mol. The van der Waals surface area contributed by atoms with Crippen LogP contribution in [-0.4, -0.2) is 27.6 Å². The van der Waals surface area contributed by atoms with Crippen LogP contribution in [0, 0.1) is 10.1 Å². The van der Waals surface area contributed by atoms with E-state index in [-0.39, 0.29) is 5.56 Å². The summed E-state index contributed by atoms with van der Waals surface area (Å²) in [6, 6.07) is 10.6. The minimum absolute atomic E-state index is 0.342. The Balaban J connectivity index is 1.81. The van der Waals surface area contributed by atoms with Gasteiger partial charge in [-0.2, -0.15) is 5.10 Å². The number of rotatable bonds is 6. The van der Waals surface area contributed by atoms with Gasteiger partial charge in [-0.1, -0.05) is 30.3 Å². The van der Waals surface area contributed by atoms with Gasteiger partial charge in [0.25, 0.3) is 0 Å². The van der Waals surface area contributed by atoms with Crippen molar-refractivity contribution in [2.24, 2.45) is 5.10 Å². The molecule has 8 nitrogen and oxygen atoms in total. The lowest BCUT2D eigenvalue weighted by atomic mass is 10.1. The van der Waals surface area contributed by atoms with Crippen molar-refractivity contribution in [1.82, 2.24) is 4.98 Å². The van der Waals surface area contributed by atoms with E-state index < -0.39 is 28.5 Å². The number of nitro benzene ring substituents is 1. The lowest BCUT2D eigenvalue weighted by Crippen LogP contribution is -2.17. The van der Waals surface area contributed by atoms with Gasteiger partial charge in [0.05, 0.1) is 22.9 Å². The van der Waals surface area contributed by atoms with Gasteiger partial charge in [-0.25, -0.2) is 4.98 Å². The van der Waals surface area contributed by atoms with E-state index in [1.807, 2.05) is 30.3 Å². The summed E-state index contributed by atoms with van der Waals surface area (Å²) in [5.74, 6) is -1.71. The predicted molar refractivity (Wildman–Crippen MR) is 100 cm³/mol. The largest absolute Gasteiger partial charge is 0.573 e. The molecule has 3 aromatic rings. The highest BCUT2D eigenvalue weighted by Crippen LogP contribution is 2.35. The second-order valence-electron chi connectivity index (χ2n) is 5.46. The van der Waals surface area contributed by atoms with Crippen LogP contribution in [0.15, 0.2) is 52.9 Å². The van der Waals surface area contributed by atoms with E-state index in [1.54, 1.807) is 5.38 Å². The summed E-state index contributed by atoms with van der Waals surface area (Å²) in [6.07, 6.45) is -4.12. The Kier molecular flexibility index (Phi) is 5.64. The molecule has 0 aliphatic carbocycles. The van der Waals surface area contributed by atoms with Crippen molar-refractivity contribution in [2.45, 2.75) is 6.36 Å². The Hall–Kier alpha value is -3.67. The number of halogens is 3. The third-order valence-corrected chi connectivity index (χ3v) is 4.21. The molecular weight excluding hydrogens is 413 g/mol. The van der Waals surface area contributed by atoms with Crippen LogP contribution < -0.4 is 10.2 Å². The van der Waals surface area contributed by atoms with Gasteiger partial charge in [-0.15, -0.1) is 24.5 Å². The molecule has 0 radical (unpaired) electrons. The molecule has 0 amide bonds. The van der Waals surface area contributed by atoms with Crippen molar-refractivity contribution in [3.8, 4) is 22.8 Å². The number of thiazole rings is 1. The predicted octanol–water partition coefficient (Wildman–Crippen LogP) is 4.77. The number of aromatic nitrogens is 1. The number of phenols is 1. The number of hydrogen-bond acceptors (Lipinski definition) is 8. The highest BCUT2D eigenvalue weighted by molar-refractivity contribution is 7.14. The second-order valence-corrected chi connectivity index (χ2v) is 6.32. The molecule has 0 bridgehead atoms. The first-order valence-corrected chi connectivity index (χ1v) is 8.68. The summed E-state index contributed by atoms with van der Waals surface area (Å²) < 4.78 is 40.9. The van der Waals surface area contributed by atoms with Crippen LogP contribution in [0.1, 0.15) is 5.56 Å². The fourth-order valence-corrected chi connectivity index (χ4v) is 2.94. The van der Waals surface area contributed by atoms with Crippen LogP contribution in [0.4, 0.5) is 24.0 Å². The molecule has 0 aliphatic heterocycles. The van der Waals surface area contributed by atoms with E-state index in [2.05, 4.69) is 20.2 Å². The molecule has 0 saturated carbocycles. The topological polar surface area (TPSA) is 110 Å². The average Bonchev–Trinajstić information content (AvgIpc) is 3.12. The molecule has 0 saturated heterocycles. The number of hydrogen-bond donors (Lipinski definition) is 2. The number of phenolic OH excluding ortho intramolecular Hbond substituents is 1.